The molecule has 0 saturated heterocycles. The Bertz CT molecular complexity index is 946. The molecule has 22 heavy (non-hydrogen) atoms. The number of aromatic nitrogens is 1. The largest absolute Gasteiger partial charge is 0.288 e. The number of carbonyl (C=O) groups excluding carboxylic acids is 1. The monoisotopic (exact) mass is 316 g/mol. The van der Waals surface area contributed by atoms with Crippen molar-refractivity contribution in [3.63, 3.8) is 0 Å². The highest BCUT2D eigenvalue weighted by Gasteiger charge is 2.23. The Morgan fingerprint density at radius 3 is 2.32 bits per heavy atom. The van der Waals surface area contributed by atoms with Crippen LogP contribution in [0.3, 0.4) is 0 Å². The molecule has 0 saturated carbocycles. The molecule has 2 aromatic carbocycles. The number of amides is 1. The molecule has 0 radical (unpaired) electrons. The fraction of sp³-hybridized carbons (Fsp3) is 0. The van der Waals surface area contributed by atoms with E-state index in [9.17, 15) is 13.2 Å². The zero-order valence-electron chi connectivity index (χ0n) is 11.3. The van der Waals surface area contributed by atoms with Crippen molar-refractivity contribution in [3.8, 4) is 0 Å². The standard InChI is InChI=1S/C15H12N2O4S/c18-15(16-19)13-10-17(14-9-5-4-8-12(13)14)22(20,21)11-6-2-1-3-7-11/h1-10,19H,(H,16,18). The minimum absolute atomic E-state index is 0.0811. The van der Waals surface area contributed by atoms with Crippen LogP contribution in [-0.2, 0) is 10.0 Å². The highest BCUT2D eigenvalue weighted by Crippen LogP contribution is 2.25. The number of hydrogen-bond donors (Lipinski definition) is 2. The van der Waals surface area contributed by atoms with E-state index in [-0.39, 0.29) is 10.5 Å². The van der Waals surface area contributed by atoms with E-state index in [1.165, 1.54) is 23.8 Å². The molecule has 0 aliphatic heterocycles. The first kappa shape index (κ1) is 14.3. The number of benzene rings is 2. The quantitative estimate of drug-likeness (QED) is 0.571. The molecule has 0 atom stereocenters. The first-order chi connectivity index (χ1) is 10.6. The van der Waals surface area contributed by atoms with Gasteiger partial charge in [0.15, 0.2) is 0 Å². The van der Waals surface area contributed by atoms with Crippen molar-refractivity contribution in [2.24, 2.45) is 0 Å². The van der Waals surface area contributed by atoms with Crippen LogP contribution in [0, 0.1) is 0 Å². The smallest absolute Gasteiger partial charge is 0.276 e. The minimum Gasteiger partial charge on any atom is -0.288 e. The summed E-state index contributed by atoms with van der Waals surface area (Å²) in [7, 11) is -3.83. The van der Waals surface area contributed by atoms with Crippen LogP contribution < -0.4 is 5.48 Å². The van der Waals surface area contributed by atoms with Crippen molar-refractivity contribution >= 4 is 26.8 Å². The lowest BCUT2D eigenvalue weighted by Crippen LogP contribution is -2.18. The van der Waals surface area contributed by atoms with Gasteiger partial charge >= 0.3 is 0 Å². The number of nitrogens with zero attached hydrogens (tertiary/aromatic N) is 1. The lowest BCUT2D eigenvalue weighted by molar-refractivity contribution is 0.0708. The van der Waals surface area contributed by atoms with E-state index >= 15 is 0 Å². The molecule has 0 spiro atoms. The van der Waals surface area contributed by atoms with Gasteiger partial charge in [0.1, 0.15) is 0 Å². The Labute approximate surface area is 126 Å². The van der Waals surface area contributed by atoms with E-state index in [0.29, 0.717) is 10.9 Å². The third kappa shape index (κ3) is 2.16. The van der Waals surface area contributed by atoms with Crippen molar-refractivity contribution in [1.29, 1.82) is 0 Å². The maximum atomic E-state index is 12.7. The number of hydrogen-bond acceptors (Lipinski definition) is 4. The molecule has 112 valence electrons. The number of para-hydroxylation sites is 1. The molecule has 0 fully saturated rings. The molecular formula is C15H12N2O4S. The minimum atomic E-state index is -3.83. The molecule has 1 heterocycles. The molecule has 6 nitrogen and oxygen atoms in total. The zero-order valence-corrected chi connectivity index (χ0v) is 12.1. The predicted octanol–water partition coefficient (Wildman–Crippen LogP) is 2.00. The van der Waals surface area contributed by atoms with E-state index in [1.807, 2.05) is 0 Å². The Kier molecular flexibility index (Phi) is 3.44. The van der Waals surface area contributed by atoms with Crippen molar-refractivity contribution in [2.75, 3.05) is 0 Å². The van der Waals surface area contributed by atoms with E-state index in [4.69, 9.17) is 5.21 Å². The second-order valence-corrected chi connectivity index (χ2v) is 6.43. The van der Waals surface area contributed by atoms with Gasteiger partial charge in [0.2, 0.25) is 0 Å². The van der Waals surface area contributed by atoms with Gasteiger partial charge in [-0.05, 0) is 18.2 Å². The summed E-state index contributed by atoms with van der Waals surface area (Å²) in [5.74, 6) is -0.766. The summed E-state index contributed by atoms with van der Waals surface area (Å²) in [6, 6.07) is 14.5. The SMILES string of the molecule is O=C(NO)c1cn(S(=O)(=O)c2ccccc2)c2ccccc12. The van der Waals surface area contributed by atoms with Gasteiger partial charge in [0.25, 0.3) is 15.9 Å². The van der Waals surface area contributed by atoms with Crippen LogP contribution in [0.4, 0.5) is 0 Å². The number of rotatable bonds is 3. The Hall–Kier alpha value is -2.64. The molecule has 0 aliphatic rings. The molecule has 1 aromatic heterocycles. The fourth-order valence-corrected chi connectivity index (χ4v) is 3.69. The van der Waals surface area contributed by atoms with Crippen molar-refractivity contribution in [1.82, 2.24) is 9.45 Å². The summed E-state index contributed by atoms with van der Waals surface area (Å²) in [5.41, 5.74) is 1.98. The molecule has 7 heteroatoms. The van der Waals surface area contributed by atoms with Gasteiger partial charge in [-0.2, -0.15) is 0 Å². The van der Waals surface area contributed by atoms with Gasteiger partial charge in [-0.3, -0.25) is 10.0 Å². The van der Waals surface area contributed by atoms with Crippen LogP contribution in [0.5, 0.6) is 0 Å². The first-order valence-corrected chi connectivity index (χ1v) is 7.85. The lowest BCUT2D eigenvalue weighted by atomic mass is 10.2. The second-order valence-electron chi connectivity index (χ2n) is 4.61. The number of hydroxylamine groups is 1. The van der Waals surface area contributed by atoms with Gasteiger partial charge < -0.3 is 0 Å². The lowest BCUT2D eigenvalue weighted by Gasteiger charge is -2.07. The Balaban J connectivity index is 2.31. The van der Waals surface area contributed by atoms with Crippen molar-refractivity contribution in [2.45, 2.75) is 4.90 Å². The molecule has 0 aliphatic carbocycles. The zero-order chi connectivity index (χ0) is 15.7. The molecule has 1 amide bonds. The molecule has 0 unspecified atom stereocenters. The molecular weight excluding hydrogens is 304 g/mol. The van der Waals surface area contributed by atoms with Gasteiger partial charge in [-0.15, -0.1) is 0 Å². The van der Waals surface area contributed by atoms with Crippen LogP contribution in [0.15, 0.2) is 65.7 Å². The molecule has 2 N–H and O–H groups in total. The summed E-state index contributed by atoms with van der Waals surface area (Å²) in [5, 5.41) is 9.26. The number of fused-ring (bicyclic) bond motifs is 1. The van der Waals surface area contributed by atoms with E-state index in [0.717, 1.165) is 3.97 Å². The topological polar surface area (TPSA) is 88.4 Å². The van der Waals surface area contributed by atoms with Gasteiger partial charge in [-0.1, -0.05) is 36.4 Å². The van der Waals surface area contributed by atoms with E-state index in [1.54, 1.807) is 42.5 Å². The first-order valence-electron chi connectivity index (χ1n) is 6.41. The maximum Gasteiger partial charge on any atom is 0.276 e. The summed E-state index contributed by atoms with van der Waals surface area (Å²) in [6.07, 6.45) is 1.21. The van der Waals surface area contributed by atoms with E-state index < -0.39 is 15.9 Å². The fourth-order valence-electron chi connectivity index (χ4n) is 2.30. The second kappa shape index (κ2) is 5.28. The van der Waals surface area contributed by atoms with Crippen LogP contribution in [0.2, 0.25) is 0 Å². The van der Waals surface area contributed by atoms with Crippen molar-refractivity contribution < 1.29 is 18.4 Å². The Morgan fingerprint density at radius 2 is 1.64 bits per heavy atom. The molecule has 3 aromatic rings. The summed E-state index contributed by atoms with van der Waals surface area (Å²) in [6.45, 7) is 0. The average Bonchev–Trinajstić information content (AvgIpc) is 2.95. The molecule has 0 bridgehead atoms. The normalized spacial score (nSPS) is 11.5. The predicted molar refractivity (Wildman–Crippen MR) is 80.2 cm³/mol. The number of nitrogens with one attached hydrogen (secondary N) is 1. The van der Waals surface area contributed by atoms with Crippen LogP contribution >= 0.6 is 0 Å². The van der Waals surface area contributed by atoms with Crippen molar-refractivity contribution in [3.05, 3.63) is 66.4 Å². The number of carbonyl (C=O) groups is 1. The maximum absolute atomic E-state index is 12.7. The summed E-state index contributed by atoms with van der Waals surface area (Å²) >= 11 is 0. The summed E-state index contributed by atoms with van der Waals surface area (Å²) < 4.78 is 26.5. The third-order valence-electron chi connectivity index (χ3n) is 3.32. The highest BCUT2D eigenvalue weighted by molar-refractivity contribution is 7.90. The summed E-state index contributed by atoms with van der Waals surface area (Å²) in [4.78, 5) is 11.9. The van der Waals surface area contributed by atoms with Crippen LogP contribution in [-0.4, -0.2) is 23.5 Å². The van der Waals surface area contributed by atoms with Gasteiger partial charge in [0.05, 0.1) is 16.0 Å². The average molecular weight is 316 g/mol. The van der Waals surface area contributed by atoms with E-state index in [2.05, 4.69) is 0 Å². The van der Waals surface area contributed by atoms with Crippen LogP contribution in [0.1, 0.15) is 10.4 Å². The van der Waals surface area contributed by atoms with Gasteiger partial charge in [-0.25, -0.2) is 17.9 Å². The third-order valence-corrected chi connectivity index (χ3v) is 5.01. The van der Waals surface area contributed by atoms with Crippen LogP contribution in [0.25, 0.3) is 10.9 Å². The molecule has 3 rings (SSSR count). The highest BCUT2D eigenvalue weighted by atomic mass is 32.2. The van der Waals surface area contributed by atoms with Gasteiger partial charge in [0, 0.05) is 11.6 Å². The Morgan fingerprint density at radius 1 is 1.00 bits per heavy atom.